The molecule has 16 rings (SSSR count). The SMILES string of the molecule is CN1CCc2c(cncc2NC(=O)c2c(N)nn3cc(F)cnc23)C1.C[N+]1(O)CCc2c(cncc2NC(=O)c2c(N)nn3cc(F)cnc23)C1.N#CCc1cnc2c(C(=O)Nc3cnccc3-c3ccccc3)c(N)nn2c1.Nc1nn2cc(F)cnc2c1C(=O)Nc1cncc2c1CCNC2. The van der Waals surface area contributed by atoms with E-state index in [1.165, 1.54) is 10.7 Å². The number of hydroxylamine groups is 3. The van der Waals surface area contributed by atoms with Gasteiger partial charge in [0.15, 0.2) is 63.3 Å². The van der Waals surface area contributed by atoms with E-state index >= 15 is 0 Å². The van der Waals surface area contributed by atoms with Gasteiger partial charge >= 0.3 is 0 Å². The van der Waals surface area contributed by atoms with E-state index in [1.54, 1.807) is 56.6 Å². The first-order chi connectivity index (χ1) is 49.7. The zero-order valence-corrected chi connectivity index (χ0v) is 54.8. The molecule has 1 unspecified atom stereocenters. The number of carbonyl (C=O) groups excluding carboxylic acids is 4. The second kappa shape index (κ2) is 28.8. The van der Waals surface area contributed by atoms with Crippen molar-refractivity contribution in [3.05, 3.63) is 214 Å². The molecule has 0 radical (unpaired) electrons. The number of hydrogen-bond donors (Lipinski definition) is 10. The van der Waals surface area contributed by atoms with E-state index < -0.39 is 41.1 Å². The minimum atomic E-state index is -0.585. The summed E-state index contributed by atoms with van der Waals surface area (Å²) in [6.07, 6.45) is 25.3. The Balaban J connectivity index is 0.000000122. The van der Waals surface area contributed by atoms with Gasteiger partial charge in [0.05, 0.1) is 104 Å². The predicted octanol–water partition coefficient (Wildman–Crippen LogP) is 5.51. The number of nitrogens with one attached hydrogen (secondary N) is 5. The summed E-state index contributed by atoms with van der Waals surface area (Å²) in [5.74, 6) is -3.54. The van der Waals surface area contributed by atoms with Crippen LogP contribution in [0.2, 0.25) is 0 Å². The van der Waals surface area contributed by atoms with Crippen LogP contribution in [0, 0.1) is 28.8 Å². The molecule has 15 heterocycles. The van der Waals surface area contributed by atoms with Crippen LogP contribution >= 0.6 is 0 Å². The van der Waals surface area contributed by atoms with Crippen LogP contribution in [0.4, 0.5) is 59.2 Å². The van der Waals surface area contributed by atoms with Crippen LogP contribution in [0.15, 0.2) is 136 Å². The Hall–Kier alpha value is -13.5. The van der Waals surface area contributed by atoms with Crippen LogP contribution in [-0.4, -0.2) is 150 Å². The predicted molar refractivity (Wildman–Crippen MR) is 369 cm³/mol. The van der Waals surface area contributed by atoms with Crippen LogP contribution in [0.25, 0.3) is 33.7 Å². The van der Waals surface area contributed by atoms with Gasteiger partial charge < -0.3 is 54.4 Å². The van der Waals surface area contributed by atoms with E-state index in [-0.39, 0.29) is 73.5 Å². The lowest BCUT2D eigenvalue weighted by molar-refractivity contribution is -1.10. The molecular formula is C67H62F3N28O5+. The summed E-state index contributed by atoms with van der Waals surface area (Å²) in [6.45, 7) is 4.17. The average Bonchev–Trinajstić information content (AvgIpc) is 1.69. The molecule has 3 aliphatic heterocycles. The zero-order valence-electron chi connectivity index (χ0n) is 54.8. The summed E-state index contributed by atoms with van der Waals surface area (Å²) in [4.78, 5) is 85.9. The fraction of sp³-hybridized carbons (Fsp3) is 0.179. The molecule has 4 amide bonds. The van der Waals surface area contributed by atoms with Crippen molar-refractivity contribution in [3.8, 4) is 17.2 Å². The molecule has 3 aliphatic rings. The van der Waals surface area contributed by atoms with Crippen molar-refractivity contribution in [1.82, 2.24) is 88.5 Å². The molecule has 0 saturated heterocycles. The summed E-state index contributed by atoms with van der Waals surface area (Å²) in [5, 5.41) is 49.5. The maximum Gasteiger partial charge on any atom is 0.263 e. The molecule has 1 atom stereocenters. The fourth-order valence-electron chi connectivity index (χ4n) is 12.1. The number of nitrogens with zero attached hydrogens (tertiary/aromatic N) is 19. The summed E-state index contributed by atoms with van der Waals surface area (Å²) in [5.41, 5.74) is 35.7. The van der Waals surface area contributed by atoms with Crippen molar-refractivity contribution in [2.75, 3.05) is 77.9 Å². The number of likely N-dealkylation sites (N-methyl/N-ethyl adjacent to an activating group) is 2. The Labute approximate surface area is 580 Å². The van der Waals surface area contributed by atoms with Gasteiger partial charge in [-0.15, -0.1) is 20.4 Å². The number of nitriles is 1. The van der Waals surface area contributed by atoms with Crippen LogP contribution < -0.4 is 49.5 Å². The van der Waals surface area contributed by atoms with Crippen molar-refractivity contribution in [2.45, 2.75) is 45.3 Å². The van der Waals surface area contributed by atoms with Gasteiger partial charge in [0.25, 0.3) is 23.6 Å². The van der Waals surface area contributed by atoms with E-state index in [4.69, 9.17) is 28.2 Å². The van der Waals surface area contributed by atoms with Crippen molar-refractivity contribution in [1.29, 1.82) is 5.26 Å². The monoisotopic (exact) mass is 1400 g/mol. The van der Waals surface area contributed by atoms with E-state index in [9.17, 15) is 37.6 Å². The Morgan fingerprint density at radius 1 is 0.553 bits per heavy atom. The molecule has 0 aliphatic carbocycles. The average molecular weight is 1400 g/mol. The first-order valence-electron chi connectivity index (χ1n) is 31.6. The number of rotatable bonds is 10. The molecule has 36 heteroatoms. The van der Waals surface area contributed by atoms with E-state index in [0.717, 1.165) is 128 Å². The highest BCUT2D eigenvalue weighted by Gasteiger charge is 2.31. The maximum atomic E-state index is 13.3. The van der Waals surface area contributed by atoms with Crippen LogP contribution in [0.1, 0.15) is 80.4 Å². The number of anilines is 8. The highest BCUT2D eigenvalue weighted by atomic mass is 19.1. The molecule has 0 spiro atoms. The van der Waals surface area contributed by atoms with E-state index in [1.807, 2.05) is 55.7 Å². The number of carbonyl (C=O) groups is 4. The highest BCUT2D eigenvalue weighted by molar-refractivity contribution is 6.14. The quantitative estimate of drug-likeness (QED) is 0.0754. The van der Waals surface area contributed by atoms with Crippen molar-refractivity contribution in [3.63, 3.8) is 0 Å². The topological polar surface area (TPSA) is 452 Å². The van der Waals surface area contributed by atoms with Gasteiger partial charge in [-0.2, -0.15) is 9.91 Å². The molecule has 0 fully saturated rings. The molecule has 14 N–H and O–H groups in total. The number of pyridine rings is 4. The molecule has 0 saturated carbocycles. The Bertz CT molecular complexity index is 5520. The summed E-state index contributed by atoms with van der Waals surface area (Å²) in [6, 6.07) is 13.6. The third-order valence-corrected chi connectivity index (χ3v) is 16.9. The number of quaternary nitrogens is 1. The second-order valence-electron chi connectivity index (χ2n) is 24.2. The van der Waals surface area contributed by atoms with Gasteiger partial charge in [-0.25, -0.2) is 56.4 Å². The van der Waals surface area contributed by atoms with Crippen LogP contribution in [-0.2, 0) is 45.3 Å². The summed E-state index contributed by atoms with van der Waals surface area (Å²) in [7, 11) is 3.76. The number of fused-ring (bicyclic) bond motifs is 7. The number of nitrogens with two attached hydrogens (primary N) is 4. The molecule has 1 aromatic carbocycles. The van der Waals surface area contributed by atoms with Crippen molar-refractivity contribution < 1.29 is 42.2 Å². The fourth-order valence-corrected chi connectivity index (χ4v) is 12.1. The Morgan fingerprint density at radius 3 is 1.50 bits per heavy atom. The molecule has 33 nitrogen and oxygen atoms in total. The number of amides is 4. The van der Waals surface area contributed by atoms with Gasteiger partial charge in [0.2, 0.25) is 0 Å². The van der Waals surface area contributed by atoms with Gasteiger partial charge in [-0.05, 0) is 65.9 Å². The van der Waals surface area contributed by atoms with E-state index in [2.05, 4.69) is 91.8 Å². The number of halogens is 3. The van der Waals surface area contributed by atoms with Gasteiger partial charge in [-0.1, -0.05) is 30.3 Å². The Kier molecular flexibility index (Phi) is 19.0. The van der Waals surface area contributed by atoms with Gasteiger partial charge in [-0.3, -0.25) is 39.1 Å². The minimum Gasteiger partial charge on any atom is -0.381 e. The normalized spacial score (nSPS) is 14.5. The zero-order chi connectivity index (χ0) is 72.2. The first kappa shape index (κ1) is 68.0. The number of aromatic nitrogens is 16. The lowest BCUT2D eigenvalue weighted by Crippen LogP contribution is -2.44. The molecule has 103 heavy (non-hydrogen) atoms. The summed E-state index contributed by atoms with van der Waals surface area (Å²) < 4.78 is 44.5. The molecule has 520 valence electrons. The Morgan fingerprint density at radius 2 is 0.990 bits per heavy atom. The van der Waals surface area contributed by atoms with Gasteiger partial charge in [0, 0.05) is 79.9 Å². The number of nitrogen functional groups attached to an aromatic ring is 4. The molecular weight excluding hydrogens is 1330 g/mol. The van der Waals surface area contributed by atoms with Crippen LogP contribution in [0.5, 0.6) is 0 Å². The molecule has 12 aromatic heterocycles. The largest absolute Gasteiger partial charge is 0.381 e. The smallest absolute Gasteiger partial charge is 0.263 e. The second-order valence-corrected chi connectivity index (χ2v) is 24.2. The third kappa shape index (κ3) is 14.5. The molecule has 0 bridgehead atoms. The molecule has 13 aromatic rings. The highest BCUT2D eigenvalue weighted by Crippen LogP contribution is 2.32. The van der Waals surface area contributed by atoms with Crippen molar-refractivity contribution in [2.24, 2.45) is 0 Å². The minimum absolute atomic E-state index is 0.00640. The number of hydrogen-bond acceptors (Lipinski definition) is 24. The standard InChI is InChI=1S/C20H15N7O.C16H16FN7O2.C16H16FN7O.C15H14FN7O/c21-8-6-13-10-24-19-17(18(22)26-27(19)12-13)20(28)25-16-11-23-9-7-15(16)14-4-2-1-3-5-14;1-24(26)3-2-11-9(8-24)4-19-6-12(11)21-16(25)13-14(18)22-23-7-10(17)5-20-15(13)23;1-23-3-2-11-9(7-23)4-19-6-12(11)21-16(25)13-14(18)22-24-8-10(17)5-20-15(13)24;16-9-5-20-14-12(13(17)22-23(14)7-9)15(24)21-11-6-19-4-8-3-18-2-1-10(8)11/h1-5,7,9-12H,6H2,(H2,22,26)(H,25,28);4-7,26H,2-3,8H2,1H3,(H2-,18,21,22,25);4-6,8H,2-3,7H2,1H3,(H2,18,22)(H,21,25);4-7,18H,1-3H2,(H2,17,22)(H,21,24)/p+1. The lowest BCUT2D eigenvalue weighted by atomic mass is 10.0. The number of benzene rings is 1. The first-order valence-corrected chi connectivity index (χ1v) is 31.6. The lowest BCUT2D eigenvalue weighted by Gasteiger charge is -2.31. The van der Waals surface area contributed by atoms with E-state index in [0.29, 0.717) is 60.0 Å². The van der Waals surface area contributed by atoms with Crippen molar-refractivity contribution >= 4 is 92.2 Å². The maximum absolute atomic E-state index is 13.3. The van der Waals surface area contributed by atoms with Crippen LogP contribution in [0.3, 0.4) is 0 Å². The third-order valence-electron chi connectivity index (χ3n) is 16.9. The van der Waals surface area contributed by atoms with Gasteiger partial charge in [0.1, 0.15) is 35.3 Å². The summed E-state index contributed by atoms with van der Waals surface area (Å²) >= 11 is 0.